The van der Waals surface area contributed by atoms with Crippen molar-refractivity contribution in [2.45, 2.75) is 6.42 Å². The number of nitroso groups, excluding NO2 is 1. The Morgan fingerprint density at radius 1 is 1.38 bits per heavy atom. The zero-order valence-corrected chi connectivity index (χ0v) is 8.71. The van der Waals surface area contributed by atoms with E-state index in [1.807, 2.05) is 6.07 Å². The van der Waals surface area contributed by atoms with Gasteiger partial charge >= 0.3 is 5.97 Å². The number of methoxy groups -OCH3 is 1. The van der Waals surface area contributed by atoms with Crippen LogP contribution >= 0.6 is 0 Å². The van der Waals surface area contributed by atoms with E-state index < -0.39 is 17.4 Å². The lowest BCUT2D eigenvalue weighted by atomic mass is 10.1. The third-order valence-corrected chi connectivity index (χ3v) is 1.96. The number of esters is 1. The molecule has 1 N–H and O–H groups in total. The minimum absolute atomic E-state index is 0.0665. The summed E-state index contributed by atoms with van der Waals surface area (Å²) < 4.78 is 4.31. The highest BCUT2D eigenvalue weighted by Gasteiger charge is 2.16. The van der Waals surface area contributed by atoms with Crippen LogP contribution in [0, 0.1) is 4.91 Å². The molecule has 0 radical (unpaired) electrons. The van der Waals surface area contributed by atoms with E-state index in [-0.39, 0.29) is 6.42 Å². The molecular weight excluding hydrogens is 210 g/mol. The smallest absolute Gasteiger partial charge is 0.363 e. The first-order chi connectivity index (χ1) is 7.69. The van der Waals surface area contributed by atoms with E-state index in [2.05, 4.69) is 9.91 Å². The van der Waals surface area contributed by atoms with E-state index in [1.165, 1.54) is 0 Å². The molecule has 16 heavy (non-hydrogen) atoms. The van der Waals surface area contributed by atoms with Crippen LogP contribution in [0.5, 0.6) is 0 Å². The van der Waals surface area contributed by atoms with Crippen LogP contribution in [0.3, 0.4) is 0 Å². The molecule has 1 aromatic carbocycles. The van der Waals surface area contributed by atoms with E-state index in [9.17, 15) is 14.8 Å². The molecule has 0 aromatic heterocycles. The van der Waals surface area contributed by atoms with Gasteiger partial charge in [0.05, 0.1) is 7.11 Å². The summed E-state index contributed by atoms with van der Waals surface area (Å²) in [5, 5.41) is 12.0. The lowest BCUT2D eigenvalue weighted by molar-refractivity contribution is -0.136. The molecule has 0 fully saturated rings. The molecule has 0 aliphatic heterocycles. The number of carbonyl (C=O) groups excluding carboxylic acids is 1. The molecular formula is C11H11NO4. The van der Waals surface area contributed by atoms with Crippen molar-refractivity contribution >= 4 is 5.97 Å². The summed E-state index contributed by atoms with van der Waals surface area (Å²) in [6.07, 6.45) is 0.0665. The normalized spacial score (nSPS) is 11.6. The second-order valence-corrected chi connectivity index (χ2v) is 3.04. The van der Waals surface area contributed by atoms with Gasteiger partial charge in [-0.05, 0) is 10.7 Å². The van der Waals surface area contributed by atoms with Crippen molar-refractivity contribution in [3.63, 3.8) is 0 Å². The number of ether oxygens (including phenoxy) is 1. The van der Waals surface area contributed by atoms with Gasteiger partial charge < -0.3 is 9.84 Å². The summed E-state index contributed by atoms with van der Waals surface area (Å²) in [5.41, 5.74) is 0.177. The summed E-state index contributed by atoms with van der Waals surface area (Å²) in [6.45, 7) is 0. The molecule has 0 saturated heterocycles. The maximum atomic E-state index is 11.0. The summed E-state index contributed by atoms with van der Waals surface area (Å²) >= 11 is 0. The molecule has 0 atom stereocenters. The van der Waals surface area contributed by atoms with Crippen molar-refractivity contribution in [3.05, 3.63) is 52.3 Å². The lowest BCUT2D eigenvalue weighted by Crippen LogP contribution is -2.07. The second kappa shape index (κ2) is 5.65. The Morgan fingerprint density at radius 2 is 2.00 bits per heavy atom. The Balaban J connectivity index is 2.91. The number of allylic oxidation sites excluding steroid dienone is 1. The number of nitrogens with zero attached hydrogens (tertiary/aromatic N) is 1. The van der Waals surface area contributed by atoms with Gasteiger partial charge in [0.2, 0.25) is 5.70 Å². The van der Waals surface area contributed by atoms with Crippen LogP contribution in [-0.4, -0.2) is 18.2 Å². The molecule has 0 spiro atoms. The SMILES string of the molecule is COC(=O)/C(N=O)=C(\O)Cc1ccccc1. The molecule has 5 heteroatoms. The molecule has 0 amide bonds. The monoisotopic (exact) mass is 221 g/mol. The lowest BCUT2D eigenvalue weighted by Gasteiger charge is -2.02. The van der Waals surface area contributed by atoms with Crippen molar-refractivity contribution in [1.82, 2.24) is 0 Å². The Labute approximate surface area is 92.3 Å². The van der Waals surface area contributed by atoms with Crippen LogP contribution in [-0.2, 0) is 16.0 Å². The second-order valence-electron chi connectivity index (χ2n) is 3.04. The Morgan fingerprint density at radius 3 is 2.50 bits per heavy atom. The maximum Gasteiger partial charge on any atom is 0.363 e. The first-order valence-corrected chi connectivity index (χ1v) is 4.56. The van der Waals surface area contributed by atoms with Gasteiger partial charge in [-0.15, -0.1) is 4.91 Å². The highest BCUT2D eigenvalue weighted by Crippen LogP contribution is 2.11. The zero-order chi connectivity index (χ0) is 12.0. The molecule has 0 aliphatic carbocycles. The number of carbonyl (C=O) groups is 1. The van der Waals surface area contributed by atoms with Crippen molar-refractivity contribution in [2.75, 3.05) is 7.11 Å². The van der Waals surface area contributed by atoms with E-state index in [0.29, 0.717) is 0 Å². The predicted octanol–water partition coefficient (Wildman–Crippen LogP) is 1.94. The van der Waals surface area contributed by atoms with Crippen LogP contribution in [0.2, 0.25) is 0 Å². The van der Waals surface area contributed by atoms with E-state index >= 15 is 0 Å². The molecule has 0 aliphatic rings. The maximum absolute atomic E-state index is 11.0. The van der Waals surface area contributed by atoms with E-state index in [0.717, 1.165) is 12.7 Å². The third kappa shape index (κ3) is 2.91. The Hall–Kier alpha value is -2.17. The van der Waals surface area contributed by atoms with E-state index in [1.54, 1.807) is 24.3 Å². The van der Waals surface area contributed by atoms with Crippen molar-refractivity contribution < 1.29 is 14.6 Å². The molecule has 84 valence electrons. The number of hydrogen-bond acceptors (Lipinski definition) is 5. The molecule has 1 aromatic rings. The van der Waals surface area contributed by atoms with Crippen LogP contribution in [0.4, 0.5) is 0 Å². The molecule has 0 bridgehead atoms. The summed E-state index contributed by atoms with van der Waals surface area (Å²) in [6, 6.07) is 8.92. The molecule has 0 heterocycles. The standard InChI is InChI=1S/C11H11NO4/c1-16-11(14)10(12-15)9(13)7-8-5-3-2-4-6-8/h2-6,13H,7H2,1H3/b10-9+. The minimum Gasteiger partial charge on any atom is -0.509 e. The number of aliphatic hydroxyl groups excluding tert-OH is 1. The van der Waals surface area contributed by atoms with Crippen LogP contribution in [0.1, 0.15) is 5.56 Å². The zero-order valence-electron chi connectivity index (χ0n) is 8.71. The summed E-state index contributed by atoms with van der Waals surface area (Å²) in [7, 11) is 1.11. The van der Waals surface area contributed by atoms with Crippen LogP contribution in [0.25, 0.3) is 0 Å². The van der Waals surface area contributed by atoms with E-state index in [4.69, 9.17) is 0 Å². The summed E-state index contributed by atoms with van der Waals surface area (Å²) in [5.74, 6) is -1.34. The quantitative estimate of drug-likeness (QED) is 0.365. The number of rotatable bonds is 4. The fourth-order valence-electron chi connectivity index (χ4n) is 1.18. The summed E-state index contributed by atoms with van der Waals surface area (Å²) in [4.78, 5) is 21.4. The number of hydrogen-bond donors (Lipinski definition) is 1. The fourth-order valence-corrected chi connectivity index (χ4v) is 1.18. The van der Waals surface area contributed by atoms with Crippen molar-refractivity contribution in [2.24, 2.45) is 5.18 Å². The van der Waals surface area contributed by atoms with Crippen LogP contribution < -0.4 is 0 Å². The fraction of sp³-hybridized carbons (Fsp3) is 0.182. The van der Waals surface area contributed by atoms with Crippen molar-refractivity contribution in [3.8, 4) is 0 Å². The molecule has 0 saturated carbocycles. The average molecular weight is 221 g/mol. The third-order valence-electron chi connectivity index (χ3n) is 1.96. The van der Waals surface area contributed by atoms with Gasteiger partial charge in [0.15, 0.2) is 0 Å². The predicted molar refractivity (Wildman–Crippen MR) is 57.6 cm³/mol. The molecule has 0 unspecified atom stereocenters. The highest BCUT2D eigenvalue weighted by molar-refractivity contribution is 5.88. The largest absolute Gasteiger partial charge is 0.509 e. The molecule has 5 nitrogen and oxygen atoms in total. The highest BCUT2D eigenvalue weighted by atomic mass is 16.5. The van der Waals surface area contributed by atoms with Gasteiger partial charge in [-0.25, -0.2) is 4.79 Å². The van der Waals surface area contributed by atoms with Gasteiger partial charge in [0.1, 0.15) is 5.76 Å². The van der Waals surface area contributed by atoms with Gasteiger partial charge in [0, 0.05) is 6.42 Å². The first-order valence-electron chi connectivity index (χ1n) is 4.56. The van der Waals surface area contributed by atoms with Crippen molar-refractivity contribution in [1.29, 1.82) is 0 Å². The average Bonchev–Trinajstić information content (AvgIpc) is 2.31. The molecule has 1 rings (SSSR count). The van der Waals surface area contributed by atoms with Gasteiger partial charge in [-0.1, -0.05) is 30.3 Å². The Bertz CT molecular complexity index is 411. The van der Waals surface area contributed by atoms with Gasteiger partial charge in [0.25, 0.3) is 0 Å². The number of benzene rings is 1. The van der Waals surface area contributed by atoms with Gasteiger partial charge in [-0.3, -0.25) is 0 Å². The number of aliphatic hydroxyl groups is 1. The van der Waals surface area contributed by atoms with Gasteiger partial charge in [-0.2, -0.15) is 0 Å². The topological polar surface area (TPSA) is 76.0 Å². The van der Waals surface area contributed by atoms with Crippen LogP contribution in [0.15, 0.2) is 47.0 Å². The Kier molecular flexibility index (Phi) is 4.20. The minimum atomic E-state index is -0.941. The first kappa shape index (κ1) is 11.9.